The Labute approximate surface area is 127 Å². The first kappa shape index (κ1) is 15.2. The highest BCUT2D eigenvalue weighted by atomic mass is 79.9. The van der Waals surface area contributed by atoms with Crippen molar-refractivity contribution in [2.75, 3.05) is 26.7 Å². The molecule has 2 atom stereocenters. The summed E-state index contributed by atoms with van der Waals surface area (Å²) in [5.74, 6) is 5.68. The number of nitrogens with zero attached hydrogens (tertiary/aromatic N) is 1. The van der Waals surface area contributed by atoms with E-state index in [1.54, 1.807) is 0 Å². The first-order valence-corrected chi connectivity index (χ1v) is 7.47. The molecule has 6 heteroatoms. The van der Waals surface area contributed by atoms with Crippen LogP contribution in [0.25, 0.3) is 0 Å². The second kappa shape index (κ2) is 7.02. The smallest absolute Gasteiger partial charge is 0.0871 e. The topological polar surface area (TPSA) is 50.5 Å². The van der Waals surface area contributed by atoms with Gasteiger partial charge in [-0.2, -0.15) is 0 Å². The number of nitrogens with one attached hydrogen (secondary N) is 1. The van der Waals surface area contributed by atoms with Crippen molar-refractivity contribution in [3.8, 4) is 0 Å². The van der Waals surface area contributed by atoms with E-state index in [-0.39, 0.29) is 12.1 Å². The van der Waals surface area contributed by atoms with Gasteiger partial charge in [0, 0.05) is 22.6 Å². The Kier molecular flexibility index (Phi) is 5.62. The van der Waals surface area contributed by atoms with Crippen LogP contribution in [0.5, 0.6) is 0 Å². The fraction of sp³-hybridized carbons (Fsp3) is 0.538. The maximum absolute atomic E-state index is 6.25. The highest BCUT2D eigenvalue weighted by molar-refractivity contribution is 9.10. The molecule has 1 aromatic rings. The zero-order valence-electron chi connectivity index (χ0n) is 10.9. The van der Waals surface area contributed by atoms with Gasteiger partial charge in [0.05, 0.1) is 18.8 Å². The molecular weight excluding hydrogens is 330 g/mol. The molecular formula is C13H19BrClN3O. The molecule has 0 radical (unpaired) electrons. The Morgan fingerprint density at radius 3 is 3.05 bits per heavy atom. The summed E-state index contributed by atoms with van der Waals surface area (Å²) in [7, 11) is 2.09. The van der Waals surface area contributed by atoms with Crippen LogP contribution in [0.2, 0.25) is 5.02 Å². The number of benzene rings is 1. The summed E-state index contributed by atoms with van der Waals surface area (Å²) in [6.45, 7) is 2.59. The summed E-state index contributed by atoms with van der Waals surface area (Å²) in [6.07, 6.45) is 0.838. The highest BCUT2D eigenvalue weighted by Crippen LogP contribution is 2.23. The number of morpholine rings is 1. The van der Waals surface area contributed by atoms with Gasteiger partial charge in [-0.05, 0) is 31.2 Å². The minimum absolute atomic E-state index is 0.0569. The van der Waals surface area contributed by atoms with Crippen LogP contribution in [0.15, 0.2) is 22.7 Å². The van der Waals surface area contributed by atoms with E-state index in [1.807, 2.05) is 18.2 Å². The van der Waals surface area contributed by atoms with Gasteiger partial charge in [-0.15, -0.1) is 0 Å². The number of nitrogens with two attached hydrogens (primary N) is 1. The first-order valence-electron chi connectivity index (χ1n) is 6.30. The molecule has 0 aromatic heterocycles. The monoisotopic (exact) mass is 347 g/mol. The van der Waals surface area contributed by atoms with E-state index >= 15 is 0 Å². The number of hydrogen-bond acceptors (Lipinski definition) is 4. The lowest BCUT2D eigenvalue weighted by molar-refractivity contribution is -0.0384. The van der Waals surface area contributed by atoms with Crippen LogP contribution in [-0.4, -0.2) is 43.8 Å². The molecule has 0 amide bonds. The Balaban J connectivity index is 2.05. The van der Waals surface area contributed by atoms with Crippen LogP contribution in [0.3, 0.4) is 0 Å². The maximum atomic E-state index is 6.25. The second-order valence-electron chi connectivity index (χ2n) is 4.88. The molecule has 106 valence electrons. The molecule has 1 fully saturated rings. The Bertz CT molecular complexity index is 432. The summed E-state index contributed by atoms with van der Waals surface area (Å²) in [5, 5.41) is 0.749. The van der Waals surface area contributed by atoms with Crippen LogP contribution in [0.4, 0.5) is 0 Å². The van der Waals surface area contributed by atoms with Crippen LogP contribution in [0.1, 0.15) is 5.56 Å². The van der Waals surface area contributed by atoms with Crippen molar-refractivity contribution >= 4 is 27.5 Å². The van der Waals surface area contributed by atoms with Crippen LogP contribution in [0, 0.1) is 0 Å². The predicted octanol–water partition coefficient (Wildman–Crippen LogP) is 1.81. The molecule has 1 aliphatic heterocycles. The summed E-state index contributed by atoms with van der Waals surface area (Å²) in [4.78, 5) is 2.25. The lowest BCUT2D eigenvalue weighted by Crippen LogP contribution is -2.54. The SMILES string of the molecule is CN1CCOC(C(Cc2ccc(Br)cc2Cl)NN)C1. The Morgan fingerprint density at radius 2 is 2.42 bits per heavy atom. The average Bonchev–Trinajstić information content (AvgIpc) is 2.38. The van der Waals surface area contributed by atoms with E-state index in [4.69, 9.17) is 22.2 Å². The van der Waals surface area contributed by atoms with Crippen LogP contribution < -0.4 is 11.3 Å². The summed E-state index contributed by atoms with van der Waals surface area (Å²) < 4.78 is 6.78. The number of hydrogen-bond donors (Lipinski definition) is 2. The second-order valence-corrected chi connectivity index (χ2v) is 6.21. The molecule has 2 unspecified atom stereocenters. The molecule has 1 saturated heterocycles. The van der Waals surface area contributed by atoms with Crippen LogP contribution in [-0.2, 0) is 11.2 Å². The zero-order valence-corrected chi connectivity index (χ0v) is 13.2. The van der Waals surface area contributed by atoms with E-state index in [9.17, 15) is 0 Å². The Hall–Kier alpha value is -0.170. The zero-order chi connectivity index (χ0) is 13.8. The standard InChI is InChI=1S/C13H19BrClN3O/c1-18-4-5-19-13(8-18)12(17-16)6-9-2-3-10(14)7-11(9)15/h2-3,7,12-13,17H,4-6,8,16H2,1H3. The lowest BCUT2D eigenvalue weighted by atomic mass is 10.0. The van der Waals surface area contributed by atoms with Gasteiger partial charge >= 0.3 is 0 Å². The van der Waals surface area contributed by atoms with Gasteiger partial charge in [0.1, 0.15) is 0 Å². The highest BCUT2D eigenvalue weighted by Gasteiger charge is 2.26. The number of halogens is 2. The fourth-order valence-corrected chi connectivity index (χ4v) is 3.03. The van der Waals surface area contributed by atoms with Crippen molar-refractivity contribution < 1.29 is 4.74 Å². The number of hydrazine groups is 1. The lowest BCUT2D eigenvalue weighted by Gasteiger charge is -2.35. The van der Waals surface area contributed by atoms with E-state index in [2.05, 4.69) is 33.3 Å². The van der Waals surface area contributed by atoms with Crippen molar-refractivity contribution in [1.29, 1.82) is 0 Å². The van der Waals surface area contributed by atoms with Gasteiger partial charge in [0.15, 0.2) is 0 Å². The van der Waals surface area contributed by atoms with Gasteiger partial charge < -0.3 is 9.64 Å². The molecule has 4 nitrogen and oxygen atoms in total. The molecule has 0 saturated carbocycles. The van der Waals surface area contributed by atoms with Crippen molar-refractivity contribution in [2.45, 2.75) is 18.6 Å². The molecule has 1 aromatic carbocycles. The van der Waals surface area contributed by atoms with Crippen molar-refractivity contribution in [3.63, 3.8) is 0 Å². The van der Waals surface area contributed by atoms with Gasteiger partial charge in [0.2, 0.25) is 0 Å². The van der Waals surface area contributed by atoms with Crippen molar-refractivity contribution in [2.24, 2.45) is 5.84 Å². The first-order chi connectivity index (χ1) is 9.10. The Morgan fingerprint density at radius 1 is 1.63 bits per heavy atom. The minimum Gasteiger partial charge on any atom is -0.374 e. The van der Waals surface area contributed by atoms with E-state index in [1.165, 1.54) is 0 Å². The molecule has 3 N–H and O–H groups in total. The van der Waals surface area contributed by atoms with E-state index in [0.717, 1.165) is 41.2 Å². The predicted molar refractivity (Wildman–Crippen MR) is 81.2 cm³/mol. The van der Waals surface area contributed by atoms with E-state index in [0.29, 0.717) is 0 Å². The fourth-order valence-electron chi connectivity index (χ4n) is 2.28. The number of likely N-dealkylation sites (N-methyl/N-ethyl adjacent to an activating group) is 1. The van der Waals surface area contributed by atoms with Crippen molar-refractivity contribution in [1.82, 2.24) is 10.3 Å². The third kappa shape index (κ3) is 4.15. The van der Waals surface area contributed by atoms with Crippen LogP contribution >= 0.6 is 27.5 Å². The largest absolute Gasteiger partial charge is 0.374 e. The molecule has 0 spiro atoms. The molecule has 19 heavy (non-hydrogen) atoms. The summed E-state index contributed by atoms with van der Waals surface area (Å²) >= 11 is 9.66. The number of ether oxygens (including phenoxy) is 1. The average molecular weight is 349 g/mol. The maximum Gasteiger partial charge on any atom is 0.0871 e. The third-order valence-electron chi connectivity index (χ3n) is 3.41. The molecule has 2 rings (SSSR count). The van der Waals surface area contributed by atoms with Gasteiger partial charge in [0.25, 0.3) is 0 Å². The summed E-state index contributed by atoms with van der Waals surface area (Å²) in [6, 6.07) is 5.96. The van der Waals surface area contributed by atoms with Crippen molar-refractivity contribution in [3.05, 3.63) is 33.3 Å². The molecule has 0 aliphatic carbocycles. The summed E-state index contributed by atoms with van der Waals surface area (Å²) in [5.41, 5.74) is 3.93. The normalized spacial score (nSPS) is 22.4. The van der Waals surface area contributed by atoms with Gasteiger partial charge in [-0.3, -0.25) is 11.3 Å². The van der Waals surface area contributed by atoms with E-state index < -0.39 is 0 Å². The third-order valence-corrected chi connectivity index (χ3v) is 4.26. The minimum atomic E-state index is 0.0569. The number of rotatable bonds is 4. The van der Waals surface area contributed by atoms with Gasteiger partial charge in [-0.25, -0.2) is 0 Å². The molecule has 1 aliphatic rings. The molecule has 0 bridgehead atoms. The van der Waals surface area contributed by atoms with Gasteiger partial charge in [-0.1, -0.05) is 33.6 Å². The molecule has 1 heterocycles. The quantitative estimate of drug-likeness (QED) is 0.643.